The van der Waals surface area contributed by atoms with E-state index < -0.39 is 5.60 Å². The molecule has 0 saturated carbocycles. The third kappa shape index (κ3) is 2.10. The van der Waals surface area contributed by atoms with Gasteiger partial charge in [-0.05, 0) is 32.6 Å². The van der Waals surface area contributed by atoms with E-state index in [9.17, 15) is 9.50 Å². The number of benzene rings is 1. The van der Waals surface area contributed by atoms with E-state index in [4.69, 9.17) is 0 Å². The molecule has 0 atom stereocenters. The van der Waals surface area contributed by atoms with Gasteiger partial charge in [0.05, 0.1) is 5.60 Å². The second kappa shape index (κ2) is 3.91. The Morgan fingerprint density at radius 1 is 1.36 bits per heavy atom. The summed E-state index contributed by atoms with van der Waals surface area (Å²) in [6.07, 6.45) is 1.83. The van der Waals surface area contributed by atoms with Gasteiger partial charge >= 0.3 is 0 Å². The Hall–Kier alpha value is -0.540. The van der Waals surface area contributed by atoms with Crippen LogP contribution in [0.15, 0.2) is 17.0 Å². The summed E-state index contributed by atoms with van der Waals surface area (Å²) >= 11 is 1.37. The fourth-order valence-electron chi connectivity index (χ4n) is 1.38. The van der Waals surface area contributed by atoms with Crippen molar-refractivity contribution in [3.05, 3.63) is 29.1 Å². The summed E-state index contributed by atoms with van der Waals surface area (Å²) in [5.41, 5.74) is 0.137. The van der Waals surface area contributed by atoms with Gasteiger partial charge in [0.25, 0.3) is 0 Å². The minimum absolute atomic E-state index is 0.301. The first kappa shape index (κ1) is 11.5. The maximum absolute atomic E-state index is 13.8. The lowest BCUT2D eigenvalue weighted by atomic mass is 9.97. The number of aryl methyl sites for hydroxylation is 1. The van der Waals surface area contributed by atoms with Crippen LogP contribution in [0.25, 0.3) is 0 Å². The van der Waals surface area contributed by atoms with Crippen molar-refractivity contribution in [1.29, 1.82) is 0 Å². The van der Waals surface area contributed by atoms with E-state index in [0.717, 1.165) is 5.56 Å². The zero-order valence-corrected chi connectivity index (χ0v) is 9.70. The molecule has 14 heavy (non-hydrogen) atoms. The Morgan fingerprint density at radius 3 is 2.36 bits per heavy atom. The van der Waals surface area contributed by atoms with Crippen LogP contribution < -0.4 is 0 Å². The average molecular weight is 214 g/mol. The predicted octanol–water partition coefficient (Wildman–Crippen LogP) is 3.08. The Morgan fingerprint density at radius 2 is 1.93 bits per heavy atom. The highest BCUT2D eigenvalue weighted by Crippen LogP contribution is 2.31. The number of halogens is 1. The first-order chi connectivity index (χ1) is 6.38. The molecule has 1 aromatic carbocycles. The van der Waals surface area contributed by atoms with Crippen LogP contribution in [0.4, 0.5) is 4.39 Å². The molecule has 3 heteroatoms. The summed E-state index contributed by atoms with van der Waals surface area (Å²) in [6, 6.07) is 3.48. The first-order valence-electron chi connectivity index (χ1n) is 4.44. The second-order valence-electron chi connectivity index (χ2n) is 3.84. The Bertz CT molecular complexity index is 342. The fraction of sp³-hybridized carbons (Fsp3) is 0.455. The van der Waals surface area contributed by atoms with Gasteiger partial charge in [0.2, 0.25) is 0 Å². The van der Waals surface area contributed by atoms with Crippen LogP contribution in [0.1, 0.15) is 25.0 Å². The van der Waals surface area contributed by atoms with Crippen molar-refractivity contribution < 1.29 is 9.50 Å². The van der Waals surface area contributed by atoms with E-state index in [2.05, 4.69) is 0 Å². The SMILES string of the molecule is CSc1c(C)ccc(C(C)(C)O)c1F. The molecule has 1 rings (SSSR count). The minimum atomic E-state index is -1.12. The van der Waals surface area contributed by atoms with E-state index in [1.807, 2.05) is 19.2 Å². The van der Waals surface area contributed by atoms with Crippen molar-refractivity contribution in [2.75, 3.05) is 6.26 Å². The molecule has 0 spiro atoms. The van der Waals surface area contributed by atoms with Crippen LogP contribution in [0.5, 0.6) is 0 Å². The van der Waals surface area contributed by atoms with Crippen LogP contribution in [0.3, 0.4) is 0 Å². The summed E-state index contributed by atoms with van der Waals surface area (Å²) in [5.74, 6) is -0.301. The lowest BCUT2D eigenvalue weighted by molar-refractivity contribution is 0.0740. The maximum atomic E-state index is 13.8. The van der Waals surface area contributed by atoms with Gasteiger partial charge in [-0.1, -0.05) is 12.1 Å². The van der Waals surface area contributed by atoms with Crippen LogP contribution >= 0.6 is 11.8 Å². The largest absolute Gasteiger partial charge is 0.386 e. The molecule has 78 valence electrons. The molecule has 0 bridgehead atoms. The zero-order chi connectivity index (χ0) is 10.9. The highest BCUT2D eigenvalue weighted by Gasteiger charge is 2.22. The lowest BCUT2D eigenvalue weighted by Crippen LogP contribution is -2.18. The van der Waals surface area contributed by atoms with E-state index in [-0.39, 0.29) is 5.82 Å². The van der Waals surface area contributed by atoms with Crippen LogP contribution in [0.2, 0.25) is 0 Å². The topological polar surface area (TPSA) is 20.2 Å². The van der Waals surface area contributed by atoms with Crippen molar-refractivity contribution in [3.8, 4) is 0 Å². The van der Waals surface area contributed by atoms with Crippen molar-refractivity contribution >= 4 is 11.8 Å². The summed E-state index contributed by atoms with van der Waals surface area (Å²) in [4.78, 5) is 0.615. The van der Waals surface area contributed by atoms with E-state index in [0.29, 0.717) is 10.5 Å². The molecule has 1 N–H and O–H groups in total. The standard InChI is InChI=1S/C11H15FOS/c1-7-5-6-8(11(2,3)13)9(12)10(7)14-4/h5-6,13H,1-4H3. The summed E-state index contributed by atoms with van der Waals surface area (Å²) in [5, 5.41) is 9.73. The molecule has 0 heterocycles. The Balaban J connectivity index is 3.36. The van der Waals surface area contributed by atoms with Crippen molar-refractivity contribution in [1.82, 2.24) is 0 Å². The number of thioether (sulfide) groups is 1. The molecular formula is C11H15FOS. The van der Waals surface area contributed by atoms with Crippen molar-refractivity contribution in [2.45, 2.75) is 31.3 Å². The van der Waals surface area contributed by atoms with Gasteiger partial charge in [0, 0.05) is 10.5 Å². The average Bonchev–Trinajstić information content (AvgIpc) is 2.02. The number of hydrogen-bond acceptors (Lipinski definition) is 2. The van der Waals surface area contributed by atoms with Gasteiger partial charge in [-0.25, -0.2) is 4.39 Å². The smallest absolute Gasteiger partial charge is 0.143 e. The lowest BCUT2D eigenvalue weighted by Gasteiger charge is -2.20. The molecule has 0 aliphatic rings. The molecule has 1 aromatic rings. The van der Waals surface area contributed by atoms with Gasteiger partial charge in [0.1, 0.15) is 5.82 Å². The van der Waals surface area contributed by atoms with Crippen molar-refractivity contribution in [2.24, 2.45) is 0 Å². The molecule has 0 aliphatic carbocycles. The van der Waals surface area contributed by atoms with Crippen LogP contribution in [-0.4, -0.2) is 11.4 Å². The van der Waals surface area contributed by atoms with E-state index in [1.54, 1.807) is 19.9 Å². The molecule has 0 amide bonds. The van der Waals surface area contributed by atoms with Crippen molar-refractivity contribution in [3.63, 3.8) is 0 Å². The summed E-state index contributed by atoms with van der Waals surface area (Å²) in [7, 11) is 0. The third-order valence-electron chi connectivity index (χ3n) is 2.16. The van der Waals surface area contributed by atoms with E-state index >= 15 is 0 Å². The van der Waals surface area contributed by atoms with Gasteiger partial charge in [-0.2, -0.15) is 0 Å². The normalized spacial score (nSPS) is 11.9. The molecule has 0 radical (unpaired) electrons. The second-order valence-corrected chi connectivity index (χ2v) is 4.65. The van der Waals surface area contributed by atoms with Gasteiger partial charge in [0.15, 0.2) is 0 Å². The number of aliphatic hydroxyl groups is 1. The molecule has 0 saturated heterocycles. The van der Waals surface area contributed by atoms with Gasteiger partial charge in [-0.3, -0.25) is 0 Å². The summed E-state index contributed by atoms with van der Waals surface area (Å²) in [6.45, 7) is 5.04. The maximum Gasteiger partial charge on any atom is 0.143 e. The Labute approximate surface area is 88.3 Å². The molecule has 0 aromatic heterocycles. The van der Waals surface area contributed by atoms with Crippen LogP contribution in [-0.2, 0) is 5.60 Å². The van der Waals surface area contributed by atoms with E-state index in [1.165, 1.54) is 11.8 Å². The Kier molecular flexibility index (Phi) is 3.22. The zero-order valence-electron chi connectivity index (χ0n) is 8.89. The highest BCUT2D eigenvalue weighted by molar-refractivity contribution is 7.98. The molecule has 0 unspecified atom stereocenters. The fourth-order valence-corrected chi connectivity index (χ4v) is 2.05. The monoisotopic (exact) mass is 214 g/mol. The predicted molar refractivity (Wildman–Crippen MR) is 58.2 cm³/mol. The molecule has 0 aliphatic heterocycles. The third-order valence-corrected chi connectivity index (χ3v) is 3.07. The van der Waals surface area contributed by atoms with Gasteiger partial charge < -0.3 is 5.11 Å². The first-order valence-corrected chi connectivity index (χ1v) is 5.66. The molecule has 0 fully saturated rings. The molecule has 1 nitrogen and oxygen atoms in total. The number of hydrogen-bond donors (Lipinski definition) is 1. The minimum Gasteiger partial charge on any atom is -0.386 e. The van der Waals surface area contributed by atoms with Crippen LogP contribution in [0, 0.1) is 12.7 Å². The molecular weight excluding hydrogens is 199 g/mol. The highest BCUT2D eigenvalue weighted by atomic mass is 32.2. The van der Waals surface area contributed by atoms with Gasteiger partial charge in [-0.15, -0.1) is 11.8 Å². The summed E-state index contributed by atoms with van der Waals surface area (Å²) < 4.78 is 13.8. The quantitative estimate of drug-likeness (QED) is 0.763. The number of rotatable bonds is 2.